The summed E-state index contributed by atoms with van der Waals surface area (Å²) in [6.45, 7) is 0.194. The molecule has 0 aromatic heterocycles. The minimum absolute atomic E-state index is 0.0156. The Bertz CT molecular complexity index is 398. The standard InChI is InChI=1S/C12H15NO5/c14-10(18-17)6-3-7-13-11(15)8-4-1-2-5-9(8)12(13)16/h17H,1-7H2. The van der Waals surface area contributed by atoms with Crippen LogP contribution in [0.1, 0.15) is 38.5 Å². The third kappa shape index (κ3) is 2.28. The zero-order chi connectivity index (χ0) is 13.1. The minimum Gasteiger partial charge on any atom is -0.301 e. The van der Waals surface area contributed by atoms with E-state index in [1.165, 1.54) is 4.90 Å². The lowest BCUT2D eigenvalue weighted by atomic mass is 9.93. The number of rotatable bonds is 4. The Morgan fingerprint density at radius 2 is 1.72 bits per heavy atom. The van der Waals surface area contributed by atoms with E-state index in [1.54, 1.807) is 0 Å². The lowest BCUT2D eigenvalue weighted by Crippen LogP contribution is -2.32. The molecule has 0 radical (unpaired) electrons. The van der Waals surface area contributed by atoms with Gasteiger partial charge in [-0.1, -0.05) is 0 Å². The minimum atomic E-state index is -0.758. The number of nitrogens with zero attached hydrogens (tertiary/aromatic N) is 1. The molecule has 0 aromatic rings. The third-order valence-corrected chi connectivity index (χ3v) is 3.34. The highest BCUT2D eigenvalue weighted by atomic mass is 17.1. The molecule has 0 saturated carbocycles. The van der Waals surface area contributed by atoms with Crippen LogP contribution in [0.5, 0.6) is 0 Å². The summed E-state index contributed by atoms with van der Waals surface area (Å²) in [7, 11) is 0. The molecule has 0 aromatic carbocycles. The van der Waals surface area contributed by atoms with Gasteiger partial charge in [0.1, 0.15) is 0 Å². The van der Waals surface area contributed by atoms with Crippen molar-refractivity contribution in [1.29, 1.82) is 0 Å². The molecule has 0 bridgehead atoms. The molecule has 0 fully saturated rings. The summed E-state index contributed by atoms with van der Waals surface area (Å²) >= 11 is 0. The van der Waals surface area contributed by atoms with Crippen LogP contribution in [0.4, 0.5) is 0 Å². The van der Waals surface area contributed by atoms with Crippen molar-refractivity contribution >= 4 is 17.8 Å². The molecular formula is C12H15NO5. The van der Waals surface area contributed by atoms with Gasteiger partial charge in [0, 0.05) is 17.7 Å². The molecule has 1 aliphatic carbocycles. The molecule has 2 aliphatic rings. The number of carbonyl (C=O) groups excluding carboxylic acids is 3. The Hall–Kier alpha value is -1.69. The van der Waals surface area contributed by atoms with Gasteiger partial charge in [-0.3, -0.25) is 14.5 Å². The Balaban J connectivity index is 1.94. The number of hydrogen-bond acceptors (Lipinski definition) is 5. The first kappa shape index (κ1) is 12.8. The van der Waals surface area contributed by atoms with Gasteiger partial charge in [0.05, 0.1) is 6.42 Å². The van der Waals surface area contributed by atoms with Crippen LogP contribution >= 0.6 is 0 Å². The summed E-state index contributed by atoms with van der Waals surface area (Å²) in [4.78, 5) is 39.4. The van der Waals surface area contributed by atoms with E-state index in [4.69, 9.17) is 5.26 Å². The molecule has 1 heterocycles. The normalized spacial score (nSPS) is 19.3. The van der Waals surface area contributed by atoms with Gasteiger partial charge in [0.2, 0.25) is 0 Å². The van der Waals surface area contributed by atoms with Crippen LogP contribution in [-0.4, -0.2) is 34.5 Å². The highest BCUT2D eigenvalue weighted by Gasteiger charge is 2.38. The van der Waals surface area contributed by atoms with Crippen molar-refractivity contribution in [3.63, 3.8) is 0 Å². The first-order valence-corrected chi connectivity index (χ1v) is 6.07. The molecule has 1 aliphatic heterocycles. The quantitative estimate of drug-likeness (QED) is 0.459. The van der Waals surface area contributed by atoms with E-state index in [2.05, 4.69) is 4.89 Å². The highest BCUT2D eigenvalue weighted by molar-refractivity contribution is 6.19. The summed E-state index contributed by atoms with van der Waals surface area (Å²) in [6, 6.07) is 0. The van der Waals surface area contributed by atoms with Gasteiger partial charge < -0.3 is 4.89 Å². The Morgan fingerprint density at radius 1 is 1.17 bits per heavy atom. The van der Waals surface area contributed by atoms with E-state index in [1.807, 2.05) is 0 Å². The Morgan fingerprint density at radius 3 is 2.22 bits per heavy atom. The van der Waals surface area contributed by atoms with Crippen molar-refractivity contribution in [3.05, 3.63) is 11.1 Å². The van der Waals surface area contributed by atoms with Crippen molar-refractivity contribution in [2.24, 2.45) is 0 Å². The van der Waals surface area contributed by atoms with Crippen LogP contribution in [0.25, 0.3) is 0 Å². The van der Waals surface area contributed by atoms with Gasteiger partial charge in [0.15, 0.2) is 0 Å². The SMILES string of the molecule is O=C(CCCN1C(=O)C2=C(CCCC2)C1=O)OO. The second-order valence-corrected chi connectivity index (χ2v) is 4.49. The fraction of sp³-hybridized carbons (Fsp3) is 0.583. The molecule has 0 spiro atoms. The van der Waals surface area contributed by atoms with Crippen LogP contribution in [0.15, 0.2) is 11.1 Å². The second-order valence-electron chi connectivity index (χ2n) is 4.49. The largest absolute Gasteiger partial charge is 0.342 e. The van der Waals surface area contributed by atoms with E-state index < -0.39 is 5.97 Å². The van der Waals surface area contributed by atoms with E-state index in [-0.39, 0.29) is 24.8 Å². The molecule has 18 heavy (non-hydrogen) atoms. The fourth-order valence-corrected chi connectivity index (χ4v) is 2.43. The molecular weight excluding hydrogens is 238 g/mol. The average Bonchev–Trinajstić information content (AvgIpc) is 2.64. The lowest BCUT2D eigenvalue weighted by molar-refractivity contribution is -0.234. The molecule has 0 unspecified atom stereocenters. The van der Waals surface area contributed by atoms with Gasteiger partial charge in [-0.15, -0.1) is 0 Å². The van der Waals surface area contributed by atoms with Gasteiger partial charge in [-0.2, -0.15) is 5.26 Å². The van der Waals surface area contributed by atoms with E-state index in [9.17, 15) is 14.4 Å². The van der Waals surface area contributed by atoms with Crippen LogP contribution in [0.3, 0.4) is 0 Å². The molecule has 2 rings (SSSR count). The van der Waals surface area contributed by atoms with Gasteiger partial charge in [-0.25, -0.2) is 4.79 Å². The summed E-state index contributed by atoms with van der Waals surface area (Å²) in [5.74, 6) is -1.19. The predicted molar refractivity (Wildman–Crippen MR) is 60.2 cm³/mol. The average molecular weight is 253 g/mol. The molecule has 0 saturated heterocycles. The number of hydrogen-bond donors (Lipinski definition) is 1. The van der Waals surface area contributed by atoms with Crippen LogP contribution in [-0.2, 0) is 19.3 Å². The summed E-state index contributed by atoms with van der Waals surface area (Å²) in [5, 5.41) is 8.09. The van der Waals surface area contributed by atoms with Crippen molar-refractivity contribution in [1.82, 2.24) is 4.90 Å². The highest BCUT2D eigenvalue weighted by Crippen LogP contribution is 2.32. The summed E-state index contributed by atoms with van der Waals surface area (Å²) < 4.78 is 0. The summed E-state index contributed by atoms with van der Waals surface area (Å²) in [6.07, 6.45) is 3.53. The number of imide groups is 1. The van der Waals surface area contributed by atoms with Crippen LogP contribution in [0.2, 0.25) is 0 Å². The topological polar surface area (TPSA) is 83.9 Å². The van der Waals surface area contributed by atoms with Gasteiger partial charge in [0.25, 0.3) is 11.8 Å². The molecule has 98 valence electrons. The van der Waals surface area contributed by atoms with Crippen molar-refractivity contribution in [2.75, 3.05) is 6.54 Å². The van der Waals surface area contributed by atoms with E-state index in [0.717, 1.165) is 12.8 Å². The number of amides is 2. The predicted octanol–water partition coefficient (Wildman–Crippen LogP) is 1.02. The zero-order valence-electron chi connectivity index (χ0n) is 9.98. The van der Waals surface area contributed by atoms with Crippen LogP contribution < -0.4 is 0 Å². The lowest BCUT2D eigenvalue weighted by Gasteiger charge is -2.13. The Kier molecular flexibility index (Phi) is 3.76. The molecule has 6 heteroatoms. The molecule has 0 atom stereocenters. The Labute approximate surface area is 104 Å². The van der Waals surface area contributed by atoms with Crippen molar-refractivity contribution in [3.8, 4) is 0 Å². The van der Waals surface area contributed by atoms with E-state index in [0.29, 0.717) is 30.4 Å². The van der Waals surface area contributed by atoms with Crippen molar-refractivity contribution in [2.45, 2.75) is 38.5 Å². The van der Waals surface area contributed by atoms with Gasteiger partial charge >= 0.3 is 5.97 Å². The maximum absolute atomic E-state index is 12.0. The number of carbonyl (C=O) groups is 3. The second kappa shape index (κ2) is 5.30. The fourth-order valence-electron chi connectivity index (χ4n) is 2.43. The summed E-state index contributed by atoms with van der Waals surface area (Å²) in [5.41, 5.74) is 1.30. The maximum atomic E-state index is 12.0. The van der Waals surface area contributed by atoms with Crippen LogP contribution in [0, 0.1) is 0 Å². The molecule has 2 amide bonds. The zero-order valence-corrected chi connectivity index (χ0v) is 9.98. The maximum Gasteiger partial charge on any atom is 0.342 e. The first-order valence-electron chi connectivity index (χ1n) is 6.07. The molecule has 1 N–H and O–H groups in total. The molecule has 6 nitrogen and oxygen atoms in total. The van der Waals surface area contributed by atoms with Crippen molar-refractivity contribution < 1.29 is 24.5 Å². The first-order chi connectivity index (χ1) is 8.65. The smallest absolute Gasteiger partial charge is 0.301 e. The van der Waals surface area contributed by atoms with E-state index >= 15 is 0 Å². The van der Waals surface area contributed by atoms with Gasteiger partial charge in [-0.05, 0) is 32.1 Å². The third-order valence-electron chi connectivity index (χ3n) is 3.34. The monoisotopic (exact) mass is 253 g/mol.